The molecule has 1 heterocycles. The summed E-state index contributed by atoms with van der Waals surface area (Å²) in [6.45, 7) is 1.89. The van der Waals surface area contributed by atoms with Gasteiger partial charge in [-0.1, -0.05) is 6.42 Å². The predicted molar refractivity (Wildman–Crippen MR) is 91.0 cm³/mol. The van der Waals surface area contributed by atoms with Crippen LogP contribution in [0.3, 0.4) is 0 Å². The van der Waals surface area contributed by atoms with E-state index in [1.54, 1.807) is 6.07 Å². The highest BCUT2D eigenvalue weighted by Gasteiger charge is 2.22. The Morgan fingerprint density at radius 3 is 2.67 bits per heavy atom. The van der Waals surface area contributed by atoms with Crippen molar-refractivity contribution in [2.75, 3.05) is 40.5 Å². The lowest BCUT2D eigenvalue weighted by molar-refractivity contribution is 0.0923. The van der Waals surface area contributed by atoms with Crippen molar-refractivity contribution >= 4 is 10.0 Å². The van der Waals surface area contributed by atoms with Crippen LogP contribution < -0.4 is 14.2 Å². The number of benzene rings is 1. The molecule has 8 heteroatoms. The SMILES string of the molecule is COc1ccc(S(=O)(=O)NCCN2CCCCC2CO)cc1OC. The molecule has 2 rings (SSSR count). The van der Waals surface area contributed by atoms with Crippen LogP contribution in [0, 0.1) is 0 Å². The zero-order valence-corrected chi connectivity index (χ0v) is 15.0. The van der Waals surface area contributed by atoms with Crippen LogP contribution in [0.25, 0.3) is 0 Å². The normalized spacial score (nSPS) is 19.2. The van der Waals surface area contributed by atoms with Gasteiger partial charge >= 0.3 is 0 Å². The maximum absolute atomic E-state index is 12.4. The van der Waals surface area contributed by atoms with E-state index in [1.807, 2.05) is 0 Å². The second kappa shape index (κ2) is 8.66. The lowest BCUT2D eigenvalue weighted by Gasteiger charge is -2.34. The number of nitrogens with zero attached hydrogens (tertiary/aromatic N) is 1. The highest BCUT2D eigenvalue weighted by Crippen LogP contribution is 2.29. The molecule has 7 nitrogen and oxygen atoms in total. The zero-order valence-electron chi connectivity index (χ0n) is 14.2. The number of hydrogen-bond donors (Lipinski definition) is 2. The Kier molecular flexibility index (Phi) is 6.85. The fourth-order valence-corrected chi connectivity index (χ4v) is 3.99. The number of methoxy groups -OCH3 is 2. The van der Waals surface area contributed by atoms with Crippen molar-refractivity contribution in [3.63, 3.8) is 0 Å². The van der Waals surface area contributed by atoms with Crippen molar-refractivity contribution in [2.45, 2.75) is 30.2 Å². The molecule has 136 valence electrons. The summed E-state index contributed by atoms with van der Waals surface area (Å²) in [4.78, 5) is 2.28. The summed E-state index contributed by atoms with van der Waals surface area (Å²) in [5, 5.41) is 9.40. The second-order valence-electron chi connectivity index (χ2n) is 5.78. The molecule has 1 aromatic carbocycles. The molecule has 24 heavy (non-hydrogen) atoms. The number of ether oxygens (including phenoxy) is 2. The monoisotopic (exact) mass is 358 g/mol. The third-order valence-electron chi connectivity index (χ3n) is 4.32. The van der Waals surface area contributed by atoms with Gasteiger partial charge in [-0.2, -0.15) is 0 Å². The molecule has 0 bridgehead atoms. The first-order chi connectivity index (χ1) is 11.5. The molecule has 1 aliphatic heterocycles. The van der Waals surface area contributed by atoms with E-state index in [0.29, 0.717) is 24.6 Å². The molecule has 2 N–H and O–H groups in total. The van der Waals surface area contributed by atoms with Crippen molar-refractivity contribution in [1.82, 2.24) is 9.62 Å². The van der Waals surface area contributed by atoms with Gasteiger partial charge in [-0.25, -0.2) is 13.1 Å². The van der Waals surface area contributed by atoms with Crippen LogP contribution in [-0.2, 0) is 10.0 Å². The molecule has 1 unspecified atom stereocenters. The Bertz CT molecular complexity index is 635. The molecule has 0 aromatic heterocycles. The molecule has 0 aliphatic carbocycles. The Labute approximate surface area is 143 Å². The molecule has 1 saturated heterocycles. The van der Waals surface area contributed by atoms with Crippen LogP contribution in [0.1, 0.15) is 19.3 Å². The summed E-state index contributed by atoms with van der Waals surface area (Å²) in [7, 11) is -0.652. The maximum atomic E-state index is 12.4. The summed E-state index contributed by atoms with van der Waals surface area (Å²) in [5.41, 5.74) is 0. The zero-order chi connectivity index (χ0) is 17.6. The van der Waals surface area contributed by atoms with Crippen LogP contribution in [0.2, 0.25) is 0 Å². The molecule has 0 amide bonds. The van der Waals surface area contributed by atoms with E-state index in [4.69, 9.17) is 9.47 Å². The van der Waals surface area contributed by atoms with Gasteiger partial charge in [0.05, 0.1) is 25.7 Å². The molecule has 0 radical (unpaired) electrons. The van der Waals surface area contributed by atoms with E-state index in [0.717, 1.165) is 25.8 Å². The smallest absolute Gasteiger partial charge is 0.240 e. The third-order valence-corrected chi connectivity index (χ3v) is 5.77. The highest BCUT2D eigenvalue weighted by atomic mass is 32.2. The Morgan fingerprint density at radius 2 is 2.00 bits per heavy atom. The number of hydrogen-bond acceptors (Lipinski definition) is 6. The minimum absolute atomic E-state index is 0.114. The van der Waals surface area contributed by atoms with Gasteiger partial charge < -0.3 is 14.6 Å². The van der Waals surface area contributed by atoms with Crippen molar-refractivity contribution in [1.29, 1.82) is 0 Å². The highest BCUT2D eigenvalue weighted by molar-refractivity contribution is 7.89. The van der Waals surface area contributed by atoms with Crippen LogP contribution in [0.5, 0.6) is 11.5 Å². The molecule has 0 saturated carbocycles. The minimum Gasteiger partial charge on any atom is -0.493 e. The van der Waals surface area contributed by atoms with Gasteiger partial charge in [0.1, 0.15) is 0 Å². The number of likely N-dealkylation sites (tertiary alicyclic amines) is 1. The summed E-state index contributed by atoms with van der Waals surface area (Å²) in [6, 6.07) is 4.63. The van der Waals surface area contributed by atoms with Gasteiger partial charge in [0.2, 0.25) is 10.0 Å². The fourth-order valence-electron chi connectivity index (χ4n) is 2.95. The number of aliphatic hydroxyl groups is 1. The van der Waals surface area contributed by atoms with Crippen molar-refractivity contribution in [2.24, 2.45) is 0 Å². The number of piperidine rings is 1. The first kappa shape index (κ1) is 19.0. The number of nitrogens with one attached hydrogen (secondary N) is 1. The Morgan fingerprint density at radius 1 is 1.25 bits per heavy atom. The van der Waals surface area contributed by atoms with Crippen LogP contribution in [0.4, 0.5) is 0 Å². The Balaban J connectivity index is 1.98. The van der Waals surface area contributed by atoms with E-state index >= 15 is 0 Å². The molecule has 0 spiro atoms. The van der Waals surface area contributed by atoms with E-state index in [2.05, 4.69) is 9.62 Å². The van der Waals surface area contributed by atoms with Gasteiger partial charge in [-0.15, -0.1) is 0 Å². The third kappa shape index (κ3) is 4.60. The molecular formula is C16H26N2O5S. The van der Waals surface area contributed by atoms with E-state index in [-0.39, 0.29) is 17.5 Å². The lowest BCUT2D eigenvalue weighted by Crippen LogP contribution is -2.45. The van der Waals surface area contributed by atoms with Gasteiger partial charge in [0.15, 0.2) is 11.5 Å². The summed E-state index contributed by atoms with van der Waals surface area (Å²) >= 11 is 0. The molecule has 1 fully saturated rings. The van der Waals surface area contributed by atoms with E-state index in [1.165, 1.54) is 26.4 Å². The molecule has 1 atom stereocenters. The number of aliphatic hydroxyl groups excluding tert-OH is 1. The maximum Gasteiger partial charge on any atom is 0.240 e. The van der Waals surface area contributed by atoms with Gasteiger partial charge in [0, 0.05) is 25.2 Å². The van der Waals surface area contributed by atoms with Crippen LogP contribution in [-0.4, -0.2) is 64.9 Å². The van der Waals surface area contributed by atoms with E-state index < -0.39 is 10.0 Å². The quantitative estimate of drug-likeness (QED) is 0.716. The standard InChI is InChI=1S/C16H26N2O5S/c1-22-15-7-6-14(11-16(15)23-2)24(20,21)17-8-10-18-9-4-3-5-13(18)12-19/h6-7,11,13,17,19H,3-5,8-10,12H2,1-2H3. The summed E-state index contributed by atoms with van der Waals surface area (Å²) in [5.74, 6) is 0.854. The largest absolute Gasteiger partial charge is 0.493 e. The molecular weight excluding hydrogens is 332 g/mol. The lowest BCUT2D eigenvalue weighted by atomic mass is 10.0. The van der Waals surface area contributed by atoms with Gasteiger partial charge in [-0.05, 0) is 31.5 Å². The molecule has 1 aromatic rings. The predicted octanol–water partition coefficient (Wildman–Crippen LogP) is 0.829. The van der Waals surface area contributed by atoms with Crippen molar-refractivity contribution < 1.29 is 23.0 Å². The topological polar surface area (TPSA) is 88.1 Å². The average Bonchev–Trinajstić information content (AvgIpc) is 2.61. The van der Waals surface area contributed by atoms with Crippen LogP contribution in [0.15, 0.2) is 23.1 Å². The number of rotatable bonds is 8. The first-order valence-corrected chi connectivity index (χ1v) is 9.56. The van der Waals surface area contributed by atoms with Gasteiger partial charge in [0.25, 0.3) is 0 Å². The van der Waals surface area contributed by atoms with E-state index in [9.17, 15) is 13.5 Å². The minimum atomic E-state index is -3.62. The Hall–Kier alpha value is -1.35. The molecule has 1 aliphatic rings. The summed E-state index contributed by atoms with van der Waals surface area (Å²) in [6.07, 6.45) is 3.15. The number of sulfonamides is 1. The second-order valence-corrected chi connectivity index (χ2v) is 7.55. The van der Waals surface area contributed by atoms with Crippen LogP contribution >= 0.6 is 0 Å². The average molecular weight is 358 g/mol. The fraction of sp³-hybridized carbons (Fsp3) is 0.625. The van der Waals surface area contributed by atoms with Crippen molar-refractivity contribution in [3.05, 3.63) is 18.2 Å². The van der Waals surface area contributed by atoms with Gasteiger partial charge in [-0.3, -0.25) is 4.90 Å². The van der Waals surface area contributed by atoms with Crippen molar-refractivity contribution in [3.8, 4) is 11.5 Å². The summed E-state index contributed by atoms with van der Waals surface area (Å²) < 4.78 is 37.7. The first-order valence-electron chi connectivity index (χ1n) is 8.08.